The minimum absolute atomic E-state index is 0.0183. The highest BCUT2D eigenvalue weighted by molar-refractivity contribution is 8.18. The minimum Gasteiger partial charge on any atom is -0.466 e. The van der Waals surface area contributed by atoms with Crippen molar-refractivity contribution in [3.63, 3.8) is 0 Å². The number of ether oxygens (including phenoxy) is 2. The van der Waals surface area contributed by atoms with Gasteiger partial charge in [-0.25, -0.2) is 9.59 Å². The van der Waals surface area contributed by atoms with Crippen LogP contribution in [0.1, 0.15) is 12.8 Å². The van der Waals surface area contributed by atoms with E-state index in [0.29, 0.717) is 46.5 Å². The van der Waals surface area contributed by atoms with Crippen LogP contribution in [0.5, 0.6) is 0 Å². The molecule has 1 aliphatic heterocycles. The molecular formula is C24H24O5S2. The molecule has 5 saturated carbocycles. The Bertz CT molecular complexity index is 1070. The Morgan fingerprint density at radius 3 is 2.26 bits per heavy atom. The number of carbonyl (C=O) groups excluding carboxylic acids is 3. The Morgan fingerprint density at radius 1 is 0.935 bits per heavy atom. The molecule has 1 saturated heterocycles. The molecule has 0 N–H and O–H groups in total. The number of thioether (sulfide) groups is 2. The van der Waals surface area contributed by atoms with Crippen molar-refractivity contribution >= 4 is 41.2 Å². The van der Waals surface area contributed by atoms with E-state index in [4.69, 9.17) is 9.47 Å². The van der Waals surface area contributed by atoms with Gasteiger partial charge in [-0.05, 0) is 53.9 Å². The summed E-state index contributed by atoms with van der Waals surface area (Å²) >= 11 is 4.19. The highest BCUT2D eigenvalue weighted by atomic mass is 32.2. The third-order valence-corrected chi connectivity index (χ3v) is 14.5. The summed E-state index contributed by atoms with van der Waals surface area (Å²) in [6.07, 6.45) is 6.62. The predicted octanol–water partition coefficient (Wildman–Crippen LogP) is 2.71. The summed E-state index contributed by atoms with van der Waals surface area (Å²) in [5.74, 6) is 3.76. The lowest BCUT2D eigenvalue weighted by Crippen LogP contribution is -2.80. The second kappa shape index (κ2) is 5.14. The molecule has 6 fully saturated rings. The van der Waals surface area contributed by atoms with Crippen LogP contribution in [0.15, 0.2) is 23.3 Å². The maximum absolute atomic E-state index is 14.3. The number of esters is 2. The third-order valence-electron chi connectivity index (χ3n) is 10.7. The van der Waals surface area contributed by atoms with E-state index in [0.717, 1.165) is 11.5 Å². The highest BCUT2D eigenvalue weighted by Crippen LogP contribution is 3.01. The van der Waals surface area contributed by atoms with Crippen molar-refractivity contribution in [1.82, 2.24) is 0 Å². The molecule has 9 aliphatic rings. The van der Waals surface area contributed by atoms with E-state index >= 15 is 0 Å². The van der Waals surface area contributed by atoms with Gasteiger partial charge in [-0.3, -0.25) is 4.79 Å². The zero-order valence-electron chi connectivity index (χ0n) is 17.5. The summed E-state index contributed by atoms with van der Waals surface area (Å²) < 4.78 is 10.4. The van der Waals surface area contributed by atoms with Crippen LogP contribution >= 0.6 is 23.5 Å². The first kappa shape index (κ1) is 18.2. The van der Waals surface area contributed by atoms with Gasteiger partial charge in [-0.2, -0.15) is 0 Å². The fraction of sp³-hybridized carbons (Fsp3) is 0.708. The topological polar surface area (TPSA) is 69.7 Å². The predicted molar refractivity (Wildman–Crippen MR) is 115 cm³/mol. The number of rotatable bonds is 2. The average molecular weight is 457 g/mol. The average Bonchev–Trinajstić information content (AvgIpc) is 3.35. The van der Waals surface area contributed by atoms with Crippen LogP contribution in [0, 0.1) is 58.2 Å². The Balaban J connectivity index is 1.48. The molecule has 0 aromatic carbocycles. The Labute approximate surface area is 189 Å². The number of carbonyl (C=O) groups is 3. The van der Waals surface area contributed by atoms with E-state index < -0.39 is 17.4 Å². The lowest BCUT2D eigenvalue weighted by molar-refractivity contribution is -0.222. The molecule has 31 heavy (non-hydrogen) atoms. The second-order valence-electron chi connectivity index (χ2n) is 10.6. The zero-order chi connectivity index (χ0) is 21.1. The van der Waals surface area contributed by atoms with Gasteiger partial charge >= 0.3 is 11.9 Å². The molecule has 3 spiro atoms. The van der Waals surface area contributed by atoms with Crippen molar-refractivity contribution in [2.45, 2.75) is 16.9 Å². The summed E-state index contributed by atoms with van der Waals surface area (Å²) in [5, 5.41) is 0. The van der Waals surface area contributed by atoms with Gasteiger partial charge in [-0.15, -0.1) is 23.5 Å². The molecule has 0 amide bonds. The number of allylic oxidation sites excluding steroid dienone is 2. The fourth-order valence-corrected chi connectivity index (χ4v) is 15.5. The van der Waals surface area contributed by atoms with Crippen LogP contribution in [0.2, 0.25) is 0 Å². The Morgan fingerprint density at radius 2 is 1.58 bits per heavy atom. The van der Waals surface area contributed by atoms with Crippen molar-refractivity contribution in [2.75, 3.05) is 25.7 Å². The van der Waals surface area contributed by atoms with Crippen molar-refractivity contribution in [1.29, 1.82) is 0 Å². The van der Waals surface area contributed by atoms with Gasteiger partial charge in [-0.1, -0.05) is 12.2 Å². The van der Waals surface area contributed by atoms with Crippen LogP contribution in [-0.4, -0.2) is 47.5 Å². The van der Waals surface area contributed by atoms with Crippen molar-refractivity contribution in [3.8, 4) is 0 Å². The summed E-state index contributed by atoms with van der Waals surface area (Å²) in [6, 6.07) is 0. The van der Waals surface area contributed by atoms with Crippen LogP contribution in [0.3, 0.4) is 0 Å². The van der Waals surface area contributed by atoms with E-state index in [9.17, 15) is 14.4 Å². The molecule has 0 unspecified atom stereocenters. The first-order valence-corrected chi connectivity index (χ1v) is 13.4. The van der Waals surface area contributed by atoms with E-state index in [1.165, 1.54) is 27.1 Å². The number of Topliss-reactive ketones (excluding diaryl/α,β-unsaturated/α-hetero) is 1. The van der Waals surface area contributed by atoms with Crippen LogP contribution in [0.25, 0.3) is 0 Å². The molecule has 162 valence electrons. The Hall–Kier alpha value is -1.21. The lowest BCUT2D eigenvalue weighted by atomic mass is 9.28. The van der Waals surface area contributed by atoms with Crippen molar-refractivity contribution < 1.29 is 23.9 Å². The first-order chi connectivity index (χ1) is 15.0. The highest BCUT2D eigenvalue weighted by Gasteiger charge is 3.02. The molecule has 0 aromatic heterocycles. The summed E-state index contributed by atoms with van der Waals surface area (Å²) in [5.41, 5.74) is 0.119. The van der Waals surface area contributed by atoms with E-state index in [1.807, 2.05) is 0 Å². The molecule has 4 bridgehead atoms. The van der Waals surface area contributed by atoms with Crippen molar-refractivity contribution in [2.24, 2.45) is 58.2 Å². The number of hydrogen-bond donors (Lipinski definition) is 0. The first-order valence-electron chi connectivity index (χ1n) is 11.4. The van der Waals surface area contributed by atoms with E-state index in [-0.39, 0.29) is 27.2 Å². The zero-order valence-corrected chi connectivity index (χ0v) is 19.1. The number of ketones is 1. The van der Waals surface area contributed by atoms with Crippen LogP contribution < -0.4 is 0 Å². The van der Waals surface area contributed by atoms with Crippen LogP contribution in [-0.2, 0) is 23.9 Å². The normalized spacial score (nSPS) is 54.6. The molecule has 1 heterocycles. The third kappa shape index (κ3) is 1.35. The number of hydrogen-bond acceptors (Lipinski definition) is 7. The van der Waals surface area contributed by atoms with Gasteiger partial charge in [0, 0.05) is 23.2 Å². The standard InChI is InChI=1S/C24H24O5S2/c1-28-20(26)14-11-4-5-12(15(14)21(27)29-2)23-18-10-8-9-13(19(25)22(11,23)17(9)18)16(10)24(23)30-6-3-7-31-24/h4-5,9-13,16-18H,3,6-8H2,1-2H3/t9-,10+,11-,12+,13-,16+,17+,18-,22-,23-/m0/s1. The minimum atomic E-state index is -0.521. The van der Waals surface area contributed by atoms with Gasteiger partial charge in [0.15, 0.2) is 0 Å². The number of methoxy groups -OCH3 is 2. The molecule has 7 heteroatoms. The van der Waals surface area contributed by atoms with Gasteiger partial charge in [0.1, 0.15) is 5.78 Å². The molecule has 0 aromatic rings. The maximum Gasteiger partial charge on any atom is 0.334 e. The summed E-state index contributed by atoms with van der Waals surface area (Å²) in [7, 11) is 2.76. The largest absolute Gasteiger partial charge is 0.466 e. The van der Waals surface area contributed by atoms with Crippen LogP contribution in [0.4, 0.5) is 0 Å². The van der Waals surface area contributed by atoms with Gasteiger partial charge in [0.25, 0.3) is 0 Å². The SMILES string of the molecule is COC(=O)C1=C(C(=O)OC)[C@@H]2C=C[C@H]1[C@]13[C@H]4[C@@H]5C[C@H]6[C@H](C(=O)[C@@]21[C@H]64)[C@@H]5C31SCCCS1. The quantitative estimate of drug-likeness (QED) is 0.467. The van der Waals surface area contributed by atoms with Gasteiger partial charge in [0.05, 0.1) is 34.9 Å². The summed E-state index contributed by atoms with van der Waals surface area (Å²) in [6.45, 7) is 0. The second-order valence-corrected chi connectivity index (χ2v) is 13.6. The molecule has 9 rings (SSSR count). The Kier molecular flexibility index (Phi) is 3.02. The lowest BCUT2D eigenvalue weighted by Gasteiger charge is -2.77. The monoisotopic (exact) mass is 456 g/mol. The number of fused-ring (bicyclic) bond motifs is 2. The molecule has 8 aliphatic carbocycles. The smallest absolute Gasteiger partial charge is 0.334 e. The summed E-state index contributed by atoms with van der Waals surface area (Å²) in [4.78, 5) is 40.6. The van der Waals surface area contributed by atoms with Gasteiger partial charge < -0.3 is 9.47 Å². The molecule has 5 nitrogen and oxygen atoms in total. The van der Waals surface area contributed by atoms with Crippen molar-refractivity contribution in [3.05, 3.63) is 23.3 Å². The fourth-order valence-electron chi connectivity index (χ4n) is 10.9. The molecular weight excluding hydrogens is 432 g/mol. The molecule has 0 radical (unpaired) electrons. The van der Waals surface area contributed by atoms with E-state index in [1.54, 1.807) is 0 Å². The maximum atomic E-state index is 14.3. The van der Waals surface area contributed by atoms with E-state index in [2.05, 4.69) is 35.7 Å². The molecule has 10 atom stereocenters. The van der Waals surface area contributed by atoms with Gasteiger partial charge in [0.2, 0.25) is 0 Å².